The van der Waals surface area contributed by atoms with Gasteiger partial charge in [-0.25, -0.2) is 0 Å². The van der Waals surface area contributed by atoms with Gasteiger partial charge in [0, 0.05) is 31.9 Å². The van der Waals surface area contributed by atoms with Gasteiger partial charge in [-0.05, 0) is 49.6 Å². The molecule has 2 N–H and O–H groups in total. The molecule has 6 heteroatoms. The molecule has 0 radical (unpaired) electrons. The van der Waals surface area contributed by atoms with Crippen LogP contribution in [0.2, 0.25) is 0 Å². The summed E-state index contributed by atoms with van der Waals surface area (Å²) in [7, 11) is 0. The van der Waals surface area contributed by atoms with Gasteiger partial charge in [0.2, 0.25) is 0 Å². The van der Waals surface area contributed by atoms with E-state index in [2.05, 4.69) is 20.4 Å². The van der Waals surface area contributed by atoms with Gasteiger partial charge in [-0.15, -0.1) is 5.10 Å². The number of ether oxygens (including phenoxy) is 1. The molecule has 0 aliphatic carbocycles. The molecule has 0 bridgehead atoms. The number of hydrogen-bond acceptors (Lipinski definition) is 6. The summed E-state index contributed by atoms with van der Waals surface area (Å²) in [6, 6.07) is 12.2. The molecule has 3 rings (SSSR count). The van der Waals surface area contributed by atoms with Crippen LogP contribution >= 0.6 is 0 Å². The number of aliphatic hydroxyl groups excluding tert-OH is 1. The molecule has 2 atom stereocenters. The third-order valence-corrected chi connectivity index (χ3v) is 4.42. The van der Waals surface area contributed by atoms with Gasteiger partial charge in [0.15, 0.2) is 5.82 Å². The molecule has 2 aromatic rings. The van der Waals surface area contributed by atoms with Crippen molar-refractivity contribution in [2.75, 3.05) is 31.1 Å². The molecule has 1 fully saturated rings. The number of aromatic nitrogens is 2. The first-order valence-electron chi connectivity index (χ1n) is 8.85. The summed E-state index contributed by atoms with van der Waals surface area (Å²) in [5, 5.41) is 21.6. The number of benzene rings is 1. The van der Waals surface area contributed by atoms with Crippen LogP contribution in [0.15, 0.2) is 42.6 Å². The van der Waals surface area contributed by atoms with Gasteiger partial charge in [-0.2, -0.15) is 5.10 Å². The van der Waals surface area contributed by atoms with Crippen LogP contribution in [0.5, 0.6) is 5.75 Å². The highest BCUT2D eigenvalue weighted by Gasteiger charge is 2.25. The molecule has 134 valence electrons. The second-order valence-electron chi connectivity index (χ2n) is 6.51. The predicted octanol–water partition coefficient (Wildman–Crippen LogP) is 1.78. The second kappa shape index (κ2) is 8.78. The minimum absolute atomic E-state index is 0.287. The number of anilines is 1. The average molecular weight is 342 g/mol. The van der Waals surface area contributed by atoms with E-state index >= 15 is 0 Å². The van der Waals surface area contributed by atoms with Crippen LogP contribution in [0.4, 0.5) is 5.82 Å². The lowest BCUT2D eigenvalue weighted by molar-refractivity contribution is 0.106. The van der Waals surface area contributed by atoms with E-state index in [0.717, 1.165) is 43.1 Å². The van der Waals surface area contributed by atoms with Crippen molar-refractivity contribution in [2.45, 2.75) is 31.9 Å². The fraction of sp³-hybridized carbons (Fsp3) is 0.474. The van der Waals surface area contributed by atoms with E-state index < -0.39 is 6.10 Å². The molecule has 1 aromatic carbocycles. The Morgan fingerprint density at radius 1 is 1.36 bits per heavy atom. The topological polar surface area (TPSA) is 70.5 Å². The van der Waals surface area contributed by atoms with Crippen LogP contribution in [0, 0.1) is 6.92 Å². The van der Waals surface area contributed by atoms with Crippen LogP contribution in [-0.4, -0.2) is 53.7 Å². The molecular formula is C19H26N4O2. The summed E-state index contributed by atoms with van der Waals surface area (Å²) in [5.41, 5.74) is 1.15. The van der Waals surface area contributed by atoms with Gasteiger partial charge in [0.05, 0.1) is 0 Å². The maximum atomic E-state index is 10.1. The number of rotatable bonds is 8. The van der Waals surface area contributed by atoms with Crippen molar-refractivity contribution in [3.05, 3.63) is 48.2 Å². The van der Waals surface area contributed by atoms with Crippen molar-refractivity contribution in [2.24, 2.45) is 0 Å². The quantitative estimate of drug-likeness (QED) is 0.762. The molecule has 2 heterocycles. The molecular weight excluding hydrogens is 316 g/mol. The van der Waals surface area contributed by atoms with Gasteiger partial charge in [0.25, 0.3) is 0 Å². The molecule has 0 amide bonds. The largest absolute Gasteiger partial charge is 0.491 e. The Kier molecular flexibility index (Phi) is 6.19. The van der Waals surface area contributed by atoms with Crippen LogP contribution in [0.3, 0.4) is 0 Å². The monoisotopic (exact) mass is 342 g/mol. The highest BCUT2D eigenvalue weighted by molar-refractivity contribution is 5.39. The lowest BCUT2D eigenvalue weighted by Crippen LogP contribution is -2.41. The number of nitrogens with one attached hydrogen (secondary N) is 1. The summed E-state index contributed by atoms with van der Waals surface area (Å²) >= 11 is 0. The van der Waals surface area contributed by atoms with Gasteiger partial charge in [-0.1, -0.05) is 12.1 Å². The minimum Gasteiger partial charge on any atom is -0.491 e. The molecule has 1 aliphatic rings. The Bertz CT molecular complexity index is 653. The fourth-order valence-corrected chi connectivity index (χ4v) is 3.17. The molecule has 1 saturated heterocycles. The van der Waals surface area contributed by atoms with E-state index in [9.17, 15) is 5.11 Å². The number of hydrogen-bond donors (Lipinski definition) is 2. The first-order valence-corrected chi connectivity index (χ1v) is 8.85. The van der Waals surface area contributed by atoms with Crippen molar-refractivity contribution in [1.29, 1.82) is 0 Å². The van der Waals surface area contributed by atoms with Crippen molar-refractivity contribution in [3.8, 4) is 5.75 Å². The number of aliphatic hydroxyl groups is 1. The summed E-state index contributed by atoms with van der Waals surface area (Å²) in [6.45, 7) is 4.64. The average Bonchev–Trinajstić information content (AvgIpc) is 3.09. The van der Waals surface area contributed by atoms with E-state index in [1.165, 1.54) is 0 Å². The van der Waals surface area contributed by atoms with Crippen molar-refractivity contribution < 1.29 is 9.84 Å². The van der Waals surface area contributed by atoms with Gasteiger partial charge >= 0.3 is 0 Å². The zero-order valence-electron chi connectivity index (χ0n) is 14.6. The summed E-state index contributed by atoms with van der Waals surface area (Å²) in [5.74, 6) is 1.72. The van der Waals surface area contributed by atoms with E-state index in [-0.39, 0.29) is 6.61 Å². The Morgan fingerprint density at radius 2 is 2.28 bits per heavy atom. The molecule has 1 aromatic heterocycles. The maximum Gasteiger partial charge on any atom is 0.151 e. The fourth-order valence-electron chi connectivity index (χ4n) is 3.17. The summed E-state index contributed by atoms with van der Waals surface area (Å²) in [6.07, 6.45) is 3.44. The van der Waals surface area contributed by atoms with E-state index in [1.807, 2.05) is 43.3 Å². The van der Waals surface area contributed by atoms with Gasteiger partial charge < -0.3 is 20.1 Å². The van der Waals surface area contributed by atoms with Crippen LogP contribution in [-0.2, 0) is 0 Å². The first-order chi connectivity index (χ1) is 12.2. The van der Waals surface area contributed by atoms with Crippen molar-refractivity contribution in [1.82, 2.24) is 15.5 Å². The minimum atomic E-state index is -0.535. The van der Waals surface area contributed by atoms with Crippen LogP contribution < -0.4 is 15.0 Å². The van der Waals surface area contributed by atoms with Crippen LogP contribution in [0.25, 0.3) is 0 Å². The third kappa shape index (κ3) is 5.14. The second-order valence-corrected chi connectivity index (χ2v) is 6.51. The number of aryl methyl sites for hydroxylation is 1. The predicted molar refractivity (Wildman–Crippen MR) is 98.0 cm³/mol. The lowest BCUT2D eigenvalue weighted by Gasteiger charge is -2.26. The van der Waals surface area contributed by atoms with Gasteiger partial charge in [-0.3, -0.25) is 0 Å². The zero-order chi connectivity index (χ0) is 17.5. The molecule has 1 aliphatic heterocycles. The smallest absolute Gasteiger partial charge is 0.151 e. The highest BCUT2D eigenvalue weighted by atomic mass is 16.5. The molecule has 0 unspecified atom stereocenters. The van der Waals surface area contributed by atoms with E-state index in [0.29, 0.717) is 12.6 Å². The molecule has 0 saturated carbocycles. The maximum absolute atomic E-state index is 10.1. The van der Waals surface area contributed by atoms with E-state index in [1.54, 1.807) is 6.20 Å². The molecule has 25 heavy (non-hydrogen) atoms. The normalized spacial score (nSPS) is 18.3. The third-order valence-electron chi connectivity index (χ3n) is 4.42. The highest BCUT2D eigenvalue weighted by Crippen LogP contribution is 2.22. The molecule has 6 nitrogen and oxygen atoms in total. The molecule has 0 spiro atoms. The van der Waals surface area contributed by atoms with Crippen molar-refractivity contribution in [3.63, 3.8) is 0 Å². The first kappa shape index (κ1) is 17.6. The Balaban J connectivity index is 1.40. The standard InChI is InChI=1S/C19H26N4O2/c1-15-5-2-7-18(11-15)25-14-17(24)13-20-12-16-6-4-10-23(16)19-8-3-9-21-22-19/h2-3,5,7-9,11,16-17,20,24H,4,6,10,12-14H2,1H3/t16-,17+/m0/s1. The SMILES string of the molecule is Cc1cccc(OC[C@H](O)CNC[C@@H]2CCCN2c2cccnn2)c1. The van der Waals surface area contributed by atoms with Crippen LogP contribution in [0.1, 0.15) is 18.4 Å². The number of nitrogens with zero attached hydrogens (tertiary/aromatic N) is 3. The Labute approximate surface area is 148 Å². The lowest BCUT2D eigenvalue weighted by atomic mass is 10.2. The zero-order valence-corrected chi connectivity index (χ0v) is 14.6. The van der Waals surface area contributed by atoms with Crippen molar-refractivity contribution >= 4 is 5.82 Å². The van der Waals surface area contributed by atoms with E-state index in [4.69, 9.17) is 4.74 Å². The summed E-state index contributed by atoms with van der Waals surface area (Å²) < 4.78 is 5.64. The summed E-state index contributed by atoms with van der Waals surface area (Å²) in [4.78, 5) is 2.29. The Hall–Kier alpha value is -2.18. The van der Waals surface area contributed by atoms with Gasteiger partial charge in [0.1, 0.15) is 18.5 Å². The Morgan fingerprint density at radius 3 is 3.08 bits per heavy atom.